The van der Waals surface area contributed by atoms with Crippen LogP contribution < -0.4 is 14.8 Å². The zero-order chi connectivity index (χ0) is 20.6. The lowest BCUT2D eigenvalue weighted by Gasteiger charge is -2.08. The van der Waals surface area contributed by atoms with Crippen molar-refractivity contribution in [2.45, 2.75) is 33.6 Å². The minimum Gasteiger partial charge on any atom is -0.494 e. The van der Waals surface area contributed by atoms with Gasteiger partial charge in [-0.1, -0.05) is 19.4 Å². The number of nitrogens with zero attached hydrogens (tertiary/aromatic N) is 1. The van der Waals surface area contributed by atoms with Crippen molar-refractivity contribution in [1.82, 2.24) is 4.98 Å². The molecule has 1 N–H and O–H groups in total. The average molecular weight is 411 g/mol. The summed E-state index contributed by atoms with van der Waals surface area (Å²) < 4.78 is 11.3. The second-order valence-corrected chi connectivity index (χ2v) is 7.71. The molecule has 0 unspecified atom stereocenters. The first-order valence-electron chi connectivity index (χ1n) is 9.74. The van der Waals surface area contributed by atoms with Gasteiger partial charge in [0.1, 0.15) is 11.5 Å². The van der Waals surface area contributed by atoms with Crippen LogP contribution in [0.2, 0.25) is 0 Å². The van der Waals surface area contributed by atoms with E-state index in [0.717, 1.165) is 42.0 Å². The summed E-state index contributed by atoms with van der Waals surface area (Å²) in [6.45, 7) is 6.87. The van der Waals surface area contributed by atoms with E-state index in [2.05, 4.69) is 17.2 Å². The van der Waals surface area contributed by atoms with Crippen molar-refractivity contribution in [3.8, 4) is 22.8 Å². The molecule has 0 spiro atoms. The van der Waals surface area contributed by atoms with Crippen LogP contribution >= 0.6 is 11.3 Å². The van der Waals surface area contributed by atoms with Gasteiger partial charge in [-0.05, 0) is 67.8 Å². The number of benzene rings is 2. The van der Waals surface area contributed by atoms with Gasteiger partial charge in [-0.3, -0.25) is 10.1 Å². The fourth-order valence-electron chi connectivity index (χ4n) is 2.63. The first-order chi connectivity index (χ1) is 14.0. The number of carbonyl (C=O) groups excluding carboxylic acids is 1. The number of ether oxygens (including phenoxy) is 2. The van der Waals surface area contributed by atoms with Crippen molar-refractivity contribution in [3.63, 3.8) is 0 Å². The Kier molecular flexibility index (Phi) is 7.25. The first kappa shape index (κ1) is 20.9. The zero-order valence-corrected chi connectivity index (χ0v) is 17.8. The lowest BCUT2D eigenvalue weighted by molar-refractivity contribution is -0.118. The third-order valence-electron chi connectivity index (χ3n) is 4.52. The quantitative estimate of drug-likeness (QED) is 0.465. The standard InChI is InChI=1S/C23H26N2O3S/c1-4-5-12-27-19-10-7-18(8-11-19)21-15-29-23(24-21)25-22(26)14-28-20-9-6-16(2)17(3)13-20/h6-11,13,15H,4-5,12,14H2,1-3H3,(H,24,25,26). The minimum absolute atomic E-state index is 0.0544. The number of rotatable bonds is 9. The molecule has 6 heteroatoms. The normalized spacial score (nSPS) is 10.6. The van der Waals surface area contributed by atoms with Crippen molar-refractivity contribution in [2.75, 3.05) is 18.5 Å². The first-order valence-corrected chi connectivity index (χ1v) is 10.6. The van der Waals surface area contributed by atoms with Gasteiger partial charge in [0.05, 0.1) is 12.3 Å². The predicted molar refractivity (Wildman–Crippen MR) is 118 cm³/mol. The number of aromatic nitrogens is 1. The largest absolute Gasteiger partial charge is 0.494 e. The average Bonchev–Trinajstić information content (AvgIpc) is 3.18. The van der Waals surface area contributed by atoms with Gasteiger partial charge in [0.25, 0.3) is 5.91 Å². The smallest absolute Gasteiger partial charge is 0.264 e. The number of unbranched alkanes of at least 4 members (excludes halogenated alkanes) is 1. The van der Waals surface area contributed by atoms with Gasteiger partial charge in [0.2, 0.25) is 0 Å². The summed E-state index contributed by atoms with van der Waals surface area (Å²) in [5.41, 5.74) is 4.13. The van der Waals surface area contributed by atoms with E-state index in [-0.39, 0.29) is 12.5 Å². The molecule has 0 radical (unpaired) electrons. The van der Waals surface area contributed by atoms with E-state index < -0.39 is 0 Å². The number of hydrogen-bond acceptors (Lipinski definition) is 5. The van der Waals surface area contributed by atoms with Crippen molar-refractivity contribution < 1.29 is 14.3 Å². The molecule has 0 fully saturated rings. The molecule has 0 aliphatic rings. The highest BCUT2D eigenvalue weighted by molar-refractivity contribution is 7.14. The summed E-state index contributed by atoms with van der Waals surface area (Å²) in [7, 11) is 0. The molecule has 0 atom stereocenters. The monoisotopic (exact) mass is 410 g/mol. The number of thiazole rings is 1. The number of anilines is 1. The molecule has 0 aliphatic carbocycles. The molecule has 0 saturated heterocycles. The van der Waals surface area contributed by atoms with Crippen LogP contribution in [-0.4, -0.2) is 24.1 Å². The van der Waals surface area contributed by atoms with Crippen LogP contribution in [0.4, 0.5) is 5.13 Å². The molecule has 5 nitrogen and oxygen atoms in total. The van der Waals surface area contributed by atoms with Gasteiger partial charge in [0.15, 0.2) is 11.7 Å². The van der Waals surface area contributed by atoms with Gasteiger partial charge < -0.3 is 9.47 Å². The van der Waals surface area contributed by atoms with Crippen LogP contribution in [0.15, 0.2) is 47.8 Å². The minimum atomic E-state index is -0.233. The molecule has 29 heavy (non-hydrogen) atoms. The van der Waals surface area contributed by atoms with Gasteiger partial charge in [-0.25, -0.2) is 4.98 Å². The maximum absolute atomic E-state index is 12.2. The number of amides is 1. The summed E-state index contributed by atoms with van der Waals surface area (Å²) >= 11 is 1.39. The van der Waals surface area contributed by atoms with E-state index in [0.29, 0.717) is 10.9 Å². The summed E-state index contributed by atoms with van der Waals surface area (Å²) in [6.07, 6.45) is 2.16. The molecule has 2 aromatic carbocycles. The molecule has 152 valence electrons. The third kappa shape index (κ3) is 6.06. The van der Waals surface area contributed by atoms with Gasteiger partial charge in [0, 0.05) is 10.9 Å². The molecule has 0 aliphatic heterocycles. The summed E-state index contributed by atoms with van der Waals surface area (Å²) in [5, 5.41) is 5.27. The Labute approximate surface area is 175 Å². The Balaban J connectivity index is 1.52. The van der Waals surface area contributed by atoms with Crippen molar-refractivity contribution in [3.05, 3.63) is 59.0 Å². The van der Waals surface area contributed by atoms with E-state index in [9.17, 15) is 4.79 Å². The molecule has 1 heterocycles. The van der Waals surface area contributed by atoms with Gasteiger partial charge >= 0.3 is 0 Å². The van der Waals surface area contributed by atoms with Crippen LogP contribution in [0.5, 0.6) is 11.5 Å². The highest BCUT2D eigenvalue weighted by Crippen LogP contribution is 2.26. The Morgan fingerprint density at radius 3 is 2.52 bits per heavy atom. The number of hydrogen-bond donors (Lipinski definition) is 1. The molecular formula is C23H26N2O3S. The molecule has 0 bridgehead atoms. The SMILES string of the molecule is CCCCOc1ccc(-c2csc(NC(=O)COc3ccc(C)c(C)c3)n2)cc1. The summed E-state index contributed by atoms with van der Waals surface area (Å²) in [5.74, 6) is 1.31. The predicted octanol–water partition coefficient (Wildman–Crippen LogP) is 5.62. The second kappa shape index (κ2) is 10.1. The highest BCUT2D eigenvalue weighted by atomic mass is 32.1. The van der Waals surface area contributed by atoms with Crippen LogP contribution in [0.25, 0.3) is 11.3 Å². The maximum Gasteiger partial charge on any atom is 0.264 e. The van der Waals surface area contributed by atoms with Crippen molar-refractivity contribution in [2.24, 2.45) is 0 Å². The zero-order valence-electron chi connectivity index (χ0n) is 17.0. The molecule has 1 amide bonds. The Morgan fingerprint density at radius 2 is 1.79 bits per heavy atom. The Hall–Kier alpha value is -2.86. The van der Waals surface area contributed by atoms with Crippen molar-refractivity contribution in [1.29, 1.82) is 0 Å². The summed E-state index contributed by atoms with van der Waals surface area (Å²) in [4.78, 5) is 16.7. The van der Waals surface area contributed by atoms with E-state index in [1.807, 2.05) is 61.7 Å². The topological polar surface area (TPSA) is 60.5 Å². The van der Waals surface area contributed by atoms with Crippen LogP contribution in [0.3, 0.4) is 0 Å². The van der Waals surface area contributed by atoms with E-state index in [1.54, 1.807) is 0 Å². The maximum atomic E-state index is 12.2. The fourth-order valence-corrected chi connectivity index (χ4v) is 3.36. The fraction of sp³-hybridized carbons (Fsp3) is 0.304. The van der Waals surface area contributed by atoms with Crippen LogP contribution in [-0.2, 0) is 4.79 Å². The van der Waals surface area contributed by atoms with Gasteiger partial charge in [-0.2, -0.15) is 0 Å². The summed E-state index contributed by atoms with van der Waals surface area (Å²) in [6, 6.07) is 13.6. The number of aryl methyl sites for hydroxylation is 2. The molecule has 3 aromatic rings. The van der Waals surface area contributed by atoms with Crippen LogP contribution in [0.1, 0.15) is 30.9 Å². The molecular weight excluding hydrogens is 384 g/mol. The van der Waals surface area contributed by atoms with Crippen LogP contribution in [0, 0.1) is 13.8 Å². The lowest BCUT2D eigenvalue weighted by atomic mass is 10.1. The lowest BCUT2D eigenvalue weighted by Crippen LogP contribution is -2.20. The van der Waals surface area contributed by atoms with E-state index >= 15 is 0 Å². The number of nitrogens with one attached hydrogen (secondary N) is 1. The second-order valence-electron chi connectivity index (χ2n) is 6.85. The van der Waals surface area contributed by atoms with Gasteiger partial charge in [-0.15, -0.1) is 11.3 Å². The molecule has 3 rings (SSSR count). The Morgan fingerprint density at radius 1 is 1.03 bits per heavy atom. The highest BCUT2D eigenvalue weighted by Gasteiger charge is 2.09. The number of carbonyl (C=O) groups is 1. The van der Waals surface area contributed by atoms with E-state index in [4.69, 9.17) is 9.47 Å². The third-order valence-corrected chi connectivity index (χ3v) is 5.27. The molecule has 0 saturated carbocycles. The van der Waals surface area contributed by atoms with Crippen molar-refractivity contribution >= 4 is 22.4 Å². The van der Waals surface area contributed by atoms with E-state index in [1.165, 1.54) is 16.9 Å². The Bertz CT molecular complexity index is 951. The molecule has 1 aromatic heterocycles.